The van der Waals surface area contributed by atoms with E-state index in [1.807, 2.05) is 5.01 Å². The third-order valence-electron chi connectivity index (χ3n) is 4.94. The third-order valence-corrected chi connectivity index (χ3v) is 5.38. The van der Waals surface area contributed by atoms with Gasteiger partial charge in [0.05, 0.1) is 11.9 Å². The number of hydrogen-bond donors (Lipinski definition) is 3. The highest BCUT2D eigenvalue weighted by Crippen LogP contribution is 2.19. The summed E-state index contributed by atoms with van der Waals surface area (Å²) in [5, 5.41) is 16.1. The number of H-pyrrole nitrogens is 1. The minimum Gasteiger partial charge on any atom is -0.445 e. The van der Waals surface area contributed by atoms with Gasteiger partial charge < -0.3 is 10.1 Å². The second-order valence-corrected chi connectivity index (χ2v) is 8.34. The molecule has 3 rings (SSSR count). The molecule has 2 aromatic rings. The van der Waals surface area contributed by atoms with Gasteiger partial charge in [0.25, 0.3) is 0 Å². The monoisotopic (exact) mass is 468 g/mol. The molecule has 1 aliphatic heterocycles. The second-order valence-electron chi connectivity index (χ2n) is 7.46. The van der Waals surface area contributed by atoms with Crippen LogP contribution in [0.15, 0.2) is 24.4 Å². The molecule has 0 saturated carbocycles. The summed E-state index contributed by atoms with van der Waals surface area (Å²) in [6, 6.07) is 5.04. The largest absolute Gasteiger partial charge is 0.445 e. The molecule has 0 bridgehead atoms. The molecule has 0 radical (unpaired) electrons. The van der Waals surface area contributed by atoms with E-state index in [1.54, 1.807) is 24.4 Å². The van der Waals surface area contributed by atoms with Gasteiger partial charge in [0.2, 0.25) is 5.91 Å². The van der Waals surface area contributed by atoms with Crippen molar-refractivity contribution in [1.82, 2.24) is 31.2 Å². The Labute approximate surface area is 190 Å². The maximum absolute atomic E-state index is 12.1. The molecule has 9 nitrogen and oxygen atoms in total. The number of benzene rings is 1. The van der Waals surface area contributed by atoms with Crippen LogP contribution in [0.5, 0.6) is 0 Å². The number of alkyl carbamates (subject to hydrolysis) is 1. The zero-order valence-corrected chi connectivity index (χ0v) is 18.6. The van der Waals surface area contributed by atoms with Crippen molar-refractivity contribution in [2.24, 2.45) is 0 Å². The molecule has 1 fully saturated rings. The molecule has 3 N–H and O–H groups in total. The molecule has 0 atom stereocenters. The Kier molecular flexibility index (Phi) is 8.93. The fourth-order valence-corrected chi connectivity index (χ4v) is 3.93. The molecule has 0 spiro atoms. The first-order chi connectivity index (χ1) is 15.0. The molecule has 1 aromatic carbocycles. The van der Waals surface area contributed by atoms with Crippen molar-refractivity contribution in [1.29, 1.82) is 0 Å². The van der Waals surface area contributed by atoms with E-state index in [4.69, 9.17) is 27.9 Å². The lowest BCUT2D eigenvalue weighted by Gasteiger charge is -2.32. The number of hydrogen-bond acceptors (Lipinski definition) is 6. The minimum absolute atomic E-state index is 0.00561. The summed E-state index contributed by atoms with van der Waals surface area (Å²) < 4.78 is 5.25. The lowest BCUT2D eigenvalue weighted by molar-refractivity contribution is -0.126. The van der Waals surface area contributed by atoms with E-state index in [0.717, 1.165) is 43.4 Å². The van der Waals surface area contributed by atoms with Gasteiger partial charge in [0, 0.05) is 35.6 Å². The number of unbranched alkanes of at least 4 members (excludes halogenated alkanes) is 1. The number of aromatic nitrogens is 3. The predicted molar refractivity (Wildman–Crippen MR) is 116 cm³/mol. The summed E-state index contributed by atoms with van der Waals surface area (Å²) >= 11 is 11.9. The Morgan fingerprint density at radius 2 is 1.90 bits per heavy atom. The van der Waals surface area contributed by atoms with Crippen LogP contribution in [0, 0.1) is 0 Å². The fraction of sp³-hybridized carbons (Fsp3) is 0.500. The first kappa shape index (κ1) is 23.3. The minimum atomic E-state index is -0.481. The number of nitrogens with zero attached hydrogens (tertiary/aromatic N) is 3. The van der Waals surface area contributed by atoms with Crippen molar-refractivity contribution in [3.63, 3.8) is 0 Å². The molecular weight excluding hydrogens is 443 g/mol. The molecule has 11 heteroatoms. The number of carbonyl (C=O) groups is 2. The van der Waals surface area contributed by atoms with Crippen LogP contribution in [-0.2, 0) is 22.6 Å². The third kappa shape index (κ3) is 8.35. The van der Waals surface area contributed by atoms with Crippen molar-refractivity contribution in [3.8, 4) is 0 Å². The zero-order valence-electron chi connectivity index (χ0n) is 17.1. The zero-order chi connectivity index (χ0) is 22.1. The van der Waals surface area contributed by atoms with Crippen molar-refractivity contribution in [3.05, 3.63) is 45.7 Å². The molecule has 1 aromatic heterocycles. The average molecular weight is 469 g/mol. The van der Waals surface area contributed by atoms with Crippen LogP contribution in [0.4, 0.5) is 4.79 Å². The van der Waals surface area contributed by atoms with Gasteiger partial charge in [0.15, 0.2) is 0 Å². The number of amides is 2. The summed E-state index contributed by atoms with van der Waals surface area (Å²) in [5.41, 5.74) is 4.57. The Morgan fingerprint density at radius 3 is 2.58 bits per heavy atom. The number of piperidine rings is 1. The van der Waals surface area contributed by atoms with E-state index in [9.17, 15) is 9.59 Å². The van der Waals surface area contributed by atoms with Crippen molar-refractivity contribution < 1.29 is 14.3 Å². The molecule has 1 aliphatic rings. The molecule has 0 aliphatic carbocycles. The van der Waals surface area contributed by atoms with Gasteiger partial charge >= 0.3 is 6.09 Å². The Balaban J connectivity index is 1.27. The highest BCUT2D eigenvalue weighted by Gasteiger charge is 2.22. The van der Waals surface area contributed by atoms with Crippen LogP contribution in [0.2, 0.25) is 10.0 Å². The van der Waals surface area contributed by atoms with Crippen LogP contribution >= 0.6 is 23.2 Å². The van der Waals surface area contributed by atoms with Gasteiger partial charge in [-0.25, -0.2) is 9.80 Å². The van der Waals surface area contributed by atoms with Gasteiger partial charge in [-0.15, -0.1) is 0 Å². The molecule has 0 unspecified atom stereocenters. The average Bonchev–Trinajstić information content (AvgIpc) is 3.24. The summed E-state index contributed by atoms with van der Waals surface area (Å²) in [7, 11) is 0. The Morgan fingerprint density at radius 1 is 1.16 bits per heavy atom. The van der Waals surface area contributed by atoms with Crippen LogP contribution in [-0.4, -0.2) is 51.6 Å². The van der Waals surface area contributed by atoms with E-state index in [-0.39, 0.29) is 18.6 Å². The summed E-state index contributed by atoms with van der Waals surface area (Å²) in [5.74, 6) is 0.00570. The Bertz CT molecular complexity index is 836. The molecule has 2 amide bonds. The van der Waals surface area contributed by atoms with Gasteiger partial charge in [-0.3, -0.25) is 10.2 Å². The molecule has 2 heterocycles. The topological polar surface area (TPSA) is 112 Å². The first-order valence-corrected chi connectivity index (χ1v) is 11.0. The SMILES string of the molecule is O=C(CCCCc1cn[nH]n1)NN1CCC(NC(=O)OCc2cc(Cl)cc(Cl)c2)CC1. The fourth-order valence-electron chi connectivity index (χ4n) is 3.36. The lowest BCUT2D eigenvalue weighted by Crippen LogP contribution is -2.51. The summed E-state index contributed by atoms with van der Waals surface area (Å²) in [4.78, 5) is 24.2. The van der Waals surface area contributed by atoms with Gasteiger partial charge in [0.1, 0.15) is 6.61 Å². The maximum Gasteiger partial charge on any atom is 0.407 e. The van der Waals surface area contributed by atoms with Crippen LogP contribution < -0.4 is 10.7 Å². The van der Waals surface area contributed by atoms with Crippen molar-refractivity contribution in [2.75, 3.05) is 13.1 Å². The van der Waals surface area contributed by atoms with Crippen LogP contribution in [0.1, 0.15) is 43.4 Å². The summed E-state index contributed by atoms with van der Waals surface area (Å²) in [6.07, 6.45) is 5.62. The number of nitrogens with one attached hydrogen (secondary N) is 3. The summed E-state index contributed by atoms with van der Waals surface area (Å²) in [6.45, 7) is 1.43. The number of aromatic amines is 1. The highest BCUT2D eigenvalue weighted by molar-refractivity contribution is 6.34. The van der Waals surface area contributed by atoms with Crippen LogP contribution in [0.25, 0.3) is 0 Å². The number of halogens is 2. The van der Waals surface area contributed by atoms with Crippen molar-refractivity contribution >= 4 is 35.2 Å². The van der Waals surface area contributed by atoms with Gasteiger partial charge in [-0.1, -0.05) is 23.2 Å². The van der Waals surface area contributed by atoms with Crippen LogP contribution in [0.3, 0.4) is 0 Å². The first-order valence-electron chi connectivity index (χ1n) is 10.3. The maximum atomic E-state index is 12.1. The van der Waals surface area contributed by atoms with E-state index in [2.05, 4.69) is 26.2 Å². The van der Waals surface area contributed by atoms with E-state index >= 15 is 0 Å². The lowest BCUT2D eigenvalue weighted by atomic mass is 10.1. The molecule has 168 valence electrons. The quantitative estimate of drug-likeness (QED) is 0.486. The Hall–Kier alpha value is -2.36. The van der Waals surface area contributed by atoms with E-state index < -0.39 is 6.09 Å². The van der Waals surface area contributed by atoms with Gasteiger partial charge in [-0.05, 0) is 55.9 Å². The number of rotatable bonds is 9. The standard InChI is InChI=1S/C20H26Cl2N6O3/c21-15-9-14(10-16(22)11-15)13-31-20(30)24-17-5-7-28(8-6-17)26-19(29)4-2-1-3-18-12-23-27-25-18/h9-12,17H,1-8,13H2,(H,24,30)(H,26,29)(H,23,25,27). The molecule has 31 heavy (non-hydrogen) atoms. The number of hydrazine groups is 1. The molecular formula is C20H26Cl2N6O3. The number of carbonyl (C=O) groups excluding carboxylic acids is 2. The number of ether oxygens (including phenoxy) is 1. The molecule has 1 saturated heterocycles. The van der Waals surface area contributed by atoms with Gasteiger partial charge in [-0.2, -0.15) is 15.4 Å². The number of aryl methyl sites for hydroxylation is 1. The normalized spacial score (nSPS) is 14.9. The predicted octanol–water partition coefficient (Wildman–Crippen LogP) is 3.25. The smallest absolute Gasteiger partial charge is 0.407 e. The highest BCUT2D eigenvalue weighted by atomic mass is 35.5. The van der Waals surface area contributed by atoms with E-state index in [1.165, 1.54) is 0 Å². The second kappa shape index (κ2) is 11.9. The van der Waals surface area contributed by atoms with E-state index in [0.29, 0.717) is 29.6 Å². The van der Waals surface area contributed by atoms with Crippen molar-refractivity contribution in [2.45, 2.75) is 51.2 Å².